The first kappa shape index (κ1) is 13.0. The number of carbonyl (C=O) groups excluding carboxylic acids is 1. The number of furan rings is 1. The maximum absolute atomic E-state index is 11.9. The van der Waals surface area contributed by atoms with Crippen molar-refractivity contribution in [3.63, 3.8) is 0 Å². The van der Waals surface area contributed by atoms with Crippen molar-refractivity contribution >= 4 is 16.9 Å². The molecule has 98 valence electrons. The van der Waals surface area contributed by atoms with Crippen LogP contribution in [0.15, 0.2) is 22.6 Å². The molecule has 0 radical (unpaired) electrons. The van der Waals surface area contributed by atoms with E-state index in [9.17, 15) is 4.79 Å². The highest BCUT2D eigenvalue weighted by atomic mass is 16.6. The van der Waals surface area contributed by atoms with E-state index >= 15 is 0 Å². The minimum absolute atomic E-state index is 0.116. The molecule has 0 saturated carbocycles. The van der Waals surface area contributed by atoms with Crippen molar-refractivity contribution in [3.05, 3.63) is 29.5 Å². The van der Waals surface area contributed by atoms with Gasteiger partial charge in [-0.15, -0.1) is 0 Å². The minimum atomic E-state index is -0.811. The summed E-state index contributed by atoms with van der Waals surface area (Å²) in [5.41, 5.74) is 1.25. The molecule has 0 aliphatic carbocycles. The van der Waals surface area contributed by atoms with E-state index < -0.39 is 12.1 Å². The highest BCUT2D eigenvalue weighted by Crippen LogP contribution is 2.29. The van der Waals surface area contributed by atoms with Gasteiger partial charge in [0.05, 0.1) is 7.11 Å². The van der Waals surface area contributed by atoms with E-state index in [2.05, 4.69) is 0 Å². The lowest BCUT2D eigenvalue weighted by atomic mass is 10.1. The Bertz CT molecular complexity index is 666. The summed E-state index contributed by atoms with van der Waals surface area (Å²) in [4.78, 5) is 11.9. The molecule has 0 N–H and O–H groups in total. The summed E-state index contributed by atoms with van der Waals surface area (Å²) in [6.07, 6.45) is -0.811. The van der Waals surface area contributed by atoms with Crippen LogP contribution in [0.5, 0.6) is 5.75 Å². The molecular formula is C14H13NO4. The maximum atomic E-state index is 11.9. The van der Waals surface area contributed by atoms with E-state index in [4.69, 9.17) is 19.2 Å². The third-order valence-electron chi connectivity index (χ3n) is 2.79. The highest BCUT2D eigenvalue weighted by Gasteiger charge is 2.21. The second kappa shape index (κ2) is 5.02. The Labute approximate surface area is 110 Å². The van der Waals surface area contributed by atoms with Crippen LogP contribution in [-0.2, 0) is 4.74 Å². The summed E-state index contributed by atoms with van der Waals surface area (Å²) in [6, 6.07) is 7.10. The molecule has 0 fully saturated rings. The first-order valence-corrected chi connectivity index (χ1v) is 5.74. The molecule has 1 unspecified atom stereocenters. The van der Waals surface area contributed by atoms with Crippen LogP contribution in [0.2, 0.25) is 0 Å². The predicted molar refractivity (Wildman–Crippen MR) is 68.0 cm³/mol. The first-order valence-electron chi connectivity index (χ1n) is 5.74. The number of ether oxygens (including phenoxy) is 2. The summed E-state index contributed by atoms with van der Waals surface area (Å²) in [5, 5.41) is 9.42. The first-order chi connectivity index (χ1) is 9.06. The van der Waals surface area contributed by atoms with Gasteiger partial charge < -0.3 is 13.9 Å². The van der Waals surface area contributed by atoms with Crippen LogP contribution in [0.4, 0.5) is 0 Å². The molecule has 5 nitrogen and oxygen atoms in total. The zero-order valence-electron chi connectivity index (χ0n) is 10.9. The van der Waals surface area contributed by atoms with E-state index in [-0.39, 0.29) is 5.76 Å². The number of aryl methyl sites for hydroxylation is 1. The van der Waals surface area contributed by atoms with Crippen LogP contribution in [-0.4, -0.2) is 19.2 Å². The van der Waals surface area contributed by atoms with Crippen LogP contribution >= 0.6 is 0 Å². The van der Waals surface area contributed by atoms with Gasteiger partial charge in [0, 0.05) is 10.9 Å². The summed E-state index contributed by atoms with van der Waals surface area (Å²) < 4.78 is 15.5. The van der Waals surface area contributed by atoms with Crippen molar-refractivity contribution in [2.75, 3.05) is 7.11 Å². The third-order valence-corrected chi connectivity index (χ3v) is 2.79. The molecule has 0 bridgehead atoms. The molecule has 19 heavy (non-hydrogen) atoms. The number of carbonyl (C=O) groups is 1. The molecule has 1 aromatic heterocycles. The predicted octanol–water partition coefficient (Wildman–Crippen LogP) is 2.82. The average Bonchev–Trinajstić information content (AvgIpc) is 2.75. The van der Waals surface area contributed by atoms with Crippen molar-refractivity contribution in [3.8, 4) is 11.8 Å². The monoisotopic (exact) mass is 259 g/mol. The molecule has 0 spiro atoms. The number of nitrogens with zero attached hydrogens (tertiary/aromatic N) is 1. The van der Waals surface area contributed by atoms with Crippen LogP contribution in [0.1, 0.15) is 23.0 Å². The zero-order valence-corrected chi connectivity index (χ0v) is 10.9. The normalized spacial score (nSPS) is 11.9. The Morgan fingerprint density at radius 3 is 2.84 bits per heavy atom. The Hall–Kier alpha value is -2.48. The van der Waals surface area contributed by atoms with Gasteiger partial charge in [-0.1, -0.05) is 0 Å². The van der Waals surface area contributed by atoms with E-state index in [1.807, 2.05) is 6.07 Å². The zero-order chi connectivity index (χ0) is 14.0. The number of nitriles is 1. The largest absolute Gasteiger partial charge is 0.497 e. The molecule has 2 aromatic rings. The maximum Gasteiger partial charge on any atom is 0.375 e. The Balaban J connectivity index is 2.42. The third kappa shape index (κ3) is 2.38. The van der Waals surface area contributed by atoms with Gasteiger partial charge in [0.15, 0.2) is 6.10 Å². The van der Waals surface area contributed by atoms with Gasteiger partial charge in [0.25, 0.3) is 0 Å². The Kier molecular flexibility index (Phi) is 3.43. The number of rotatable bonds is 3. The lowest BCUT2D eigenvalue weighted by Gasteiger charge is -2.03. The van der Waals surface area contributed by atoms with Crippen molar-refractivity contribution in [1.29, 1.82) is 5.26 Å². The summed E-state index contributed by atoms with van der Waals surface area (Å²) in [5.74, 6) is 0.161. The molecule has 1 heterocycles. The molecule has 0 amide bonds. The molecule has 0 aliphatic heterocycles. The van der Waals surface area contributed by atoms with E-state index in [0.29, 0.717) is 16.9 Å². The van der Waals surface area contributed by atoms with Crippen molar-refractivity contribution < 1.29 is 18.7 Å². The second-order valence-corrected chi connectivity index (χ2v) is 4.09. The van der Waals surface area contributed by atoms with Gasteiger partial charge >= 0.3 is 5.97 Å². The van der Waals surface area contributed by atoms with Gasteiger partial charge in [-0.25, -0.2) is 4.79 Å². The van der Waals surface area contributed by atoms with Gasteiger partial charge in [0.2, 0.25) is 5.76 Å². The number of hydrogen-bond donors (Lipinski definition) is 0. The van der Waals surface area contributed by atoms with Gasteiger partial charge in [-0.05, 0) is 32.0 Å². The number of esters is 1. The highest BCUT2D eigenvalue weighted by molar-refractivity contribution is 5.96. The number of fused-ring (bicyclic) bond motifs is 1. The average molecular weight is 259 g/mol. The summed E-state index contributed by atoms with van der Waals surface area (Å²) in [7, 11) is 1.57. The van der Waals surface area contributed by atoms with E-state index in [0.717, 1.165) is 5.39 Å². The Morgan fingerprint density at radius 1 is 1.47 bits per heavy atom. The topological polar surface area (TPSA) is 72.5 Å². The summed E-state index contributed by atoms with van der Waals surface area (Å²) >= 11 is 0. The minimum Gasteiger partial charge on any atom is -0.497 e. The smallest absolute Gasteiger partial charge is 0.375 e. The number of benzene rings is 1. The summed E-state index contributed by atoms with van der Waals surface area (Å²) in [6.45, 7) is 3.26. The van der Waals surface area contributed by atoms with Crippen molar-refractivity contribution in [2.45, 2.75) is 20.0 Å². The van der Waals surface area contributed by atoms with Gasteiger partial charge in [0.1, 0.15) is 17.4 Å². The molecule has 2 rings (SSSR count). The fraction of sp³-hybridized carbons (Fsp3) is 0.286. The van der Waals surface area contributed by atoms with E-state index in [1.54, 1.807) is 32.2 Å². The molecular weight excluding hydrogens is 246 g/mol. The Morgan fingerprint density at radius 2 is 2.21 bits per heavy atom. The molecule has 0 saturated heterocycles. The van der Waals surface area contributed by atoms with Gasteiger partial charge in [-0.2, -0.15) is 5.26 Å². The van der Waals surface area contributed by atoms with E-state index in [1.165, 1.54) is 6.92 Å². The SMILES string of the molecule is COc1ccc2oc(C(=O)OC(C)C#N)c(C)c2c1. The van der Waals surface area contributed by atoms with Crippen LogP contribution in [0.3, 0.4) is 0 Å². The fourth-order valence-corrected chi connectivity index (χ4v) is 1.76. The lowest BCUT2D eigenvalue weighted by Crippen LogP contribution is -2.13. The van der Waals surface area contributed by atoms with Crippen LogP contribution in [0, 0.1) is 18.3 Å². The second-order valence-electron chi connectivity index (χ2n) is 4.09. The quantitative estimate of drug-likeness (QED) is 0.792. The van der Waals surface area contributed by atoms with Gasteiger partial charge in [-0.3, -0.25) is 0 Å². The fourth-order valence-electron chi connectivity index (χ4n) is 1.76. The van der Waals surface area contributed by atoms with Crippen molar-refractivity contribution in [2.24, 2.45) is 0 Å². The van der Waals surface area contributed by atoms with Crippen molar-refractivity contribution in [1.82, 2.24) is 0 Å². The number of hydrogen-bond acceptors (Lipinski definition) is 5. The standard InChI is InChI=1S/C14H13NO4/c1-8(7-15)18-14(16)13-9(2)11-6-10(17-3)4-5-12(11)19-13/h4-6,8H,1-3H3. The molecule has 1 aromatic carbocycles. The molecule has 5 heteroatoms. The molecule has 0 aliphatic rings. The molecule has 1 atom stereocenters. The lowest BCUT2D eigenvalue weighted by molar-refractivity contribution is 0.0400. The number of methoxy groups -OCH3 is 1. The van der Waals surface area contributed by atoms with Crippen LogP contribution < -0.4 is 4.74 Å². The van der Waals surface area contributed by atoms with Crippen LogP contribution in [0.25, 0.3) is 11.0 Å².